The zero-order chi connectivity index (χ0) is 12.7. The largest absolute Gasteiger partial charge is 0.324 e. The second-order valence-electron chi connectivity index (χ2n) is 4.25. The standard InChI is InChI=1S/C12H13N3OS2/c1-7-8(5-13-15(7)2)11-12-9(3-4-17-12)14-10(16)6-18-11/h3-5,11H,6H2,1-2H3,(H,14,16)/t11-/m0/s1. The maximum absolute atomic E-state index is 11.7. The Labute approximate surface area is 113 Å². The summed E-state index contributed by atoms with van der Waals surface area (Å²) >= 11 is 3.35. The molecule has 18 heavy (non-hydrogen) atoms. The summed E-state index contributed by atoms with van der Waals surface area (Å²) in [6.45, 7) is 2.07. The van der Waals surface area contributed by atoms with Crippen molar-refractivity contribution in [2.45, 2.75) is 12.2 Å². The number of rotatable bonds is 1. The van der Waals surface area contributed by atoms with Gasteiger partial charge in [-0.2, -0.15) is 5.10 Å². The summed E-state index contributed by atoms with van der Waals surface area (Å²) in [6.07, 6.45) is 1.91. The second-order valence-corrected chi connectivity index (χ2v) is 6.29. The zero-order valence-corrected chi connectivity index (χ0v) is 11.8. The van der Waals surface area contributed by atoms with Gasteiger partial charge in [-0.3, -0.25) is 9.48 Å². The number of amides is 1. The molecule has 4 nitrogen and oxygen atoms in total. The first-order chi connectivity index (χ1) is 8.66. The molecule has 3 heterocycles. The molecule has 0 radical (unpaired) electrons. The Morgan fingerprint density at radius 3 is 3.11 bits per heavy atom. The minimum Gasteiger partial charge on any atom is -0.324 e. The van der Waals surface area contributed by atoms with Crippen molar-refractivity contribution in [2.24, 2.45) is 7.05 Å². The van der Waals surface area contributed by atoms with Crippen LogP contribution in [0.25, 0.3) is 0 Å². The third-order valence-corrected chi connectivity index (χ3v) is 5.53. The average molecular weight is 279 g/mol. The van der Waals surface area contributed by atoms with Crippen LogP contribution in [0.2, 0.25) is 0 Å². The van der Waals surface area contributed by atoms with Gasteiger partial charge in [0.2, 0.25) is 5.91 Å². The van der Waals surface area contributed by atoms with Crippen molar-refractivity contribution in [1.82, 2.24) is 9.78 Å². The molecule has 1 amide bonds. The summed E-state index contributed by atoms with van der Waals surface area (Å²) in [5.41, 5.74) is 3.30. The fourth-order valence-corrected chi connectivity index (χ4v) is 4.35. The third-order valence-electron chi connectivity index (χ3n) is 3.14. The number of nitrogens with zero attached hydrogens (tertiary/aromatic N) is 2. The van der Waals surface area contributed by atoms with E-state index in [2.05, 4.69) is 17.3 Å². The molecule has 0 aliphatic carbocycles. The number of thioether (sulfide) groups is 1. The third kappa shape index (κ3) is 1.85. The Morgan fingerprint density at radius 2 is 2.39 bits per heavy atom. The van der Waals surface area contributed by atoms with Crippen LogP contribution >= 0.6 is 23.1 Å². The van der Waals surface area contributed by atoms with Gasteiger partial charge < -0.3 is 5.32 Å². The maximum atomic E-state index is 11.7. The molecule has 1 aliphatic rings. The van der Waals surface area contributed by atoms with E-state index in [1.165, 1.54) is 10.4 Å². The molecule has 0 saturated carbocycles. The van der Waals surface area contributed by atoms with Gasteiger partial charge in [-0.05, 0) is 18.4 Å². The summed E-state index contributed by atoms with van der Waals surface area (Å²) in [7, 11) is 1.94. The summed E-state index contributed by atoms with van der Waals surface area (Å²) in [4.78, 5) is 12.9. The van der Waals surface area contributed by atoms with Crippen LogP contribution < -0.4 is 5.32 Å². The van der Waals surface area contributed by atoms with Crippen molar-refractivity contribution < 1.29 is 4.79 Å². The Kier molecular flexibility index (Phi) is 2.91. The molecular weight excluding hydrogens is 266 g/mol. The van der Waals surface area contributed by atoms with Crippen LogP contribution in [0.4, 0.5) is 5.69 Å². The molecular formula is C12H13N3OS2. The van der Waals surface area contributed by atoms with Crippen molar-refractivity contribution >= 4 is 34.7 Å². The van der Waals surface area contributed by atoms with E-state index in [1.807, 2.05) is 29.4 Å². The van der Waals surface area contributed by atoms with Gasteiger partial charge in [0.1, 0.15) is 0 Å². The maximum Gasteiger partial charge on any atom is 0.234 e. The van der Waals surface area contributed by atoms with Crippen LogP contribution in [0.1, 0.15) is 21.4 Å². The normalized spacial score (nSPS) is 19.2. The highest BCUT2D eigenvalue weighted by Crippen LogP contribution is 2.44. The first-order valence-corrected chi connectivity index (χ1v) is 7.57. The molecule has 94 valence electrons. The molecule has 2 aromatic heterocycles. The van der Waals surface area contributed by atoms with E-state index >= 15 is 0 Å². The number of fused-ring (bicyclic) bond motifs is 1. The Balaban J connectivity index is 2.08. The molecule has 0 bridgehead atoms. The fourth-order valence-electron chi connectivity index (χ4n) is 2.05. The topological polar surface area (TPSA) is 46.9 Å². The number of thiophene rings is 1. The lowest BCUT2D eigenvalue weighted by Crippen LogP contribution is -2.11. The Bertz CT molecular complexity index is 602. The summed E-state index contributed by atoms with van der Waals surface area (Å²) < 4.78 is 1.88. The highest BCUT2D eigenvalue weighted by atomic mass is 32.2. The fraction of sp³-hybridized carbons (Fsp3) is 0.333. The molecule has 6 heteroatoms. The second kappa shape index (κ2) is 4.44. The van der Waals surface area contributed by atoms with Crippen molar-refractivity contribution in [2.75, 3.05) is 11.1 Å². The number of hydrogen-bond donors (Lipinski definition) is 1. The van der Waals surface area contributed by atoms with Crippen LogP contribution in [0.15, 0.2) is 17.6 Å². The van der Waals surface area contributed by atoms with Gasteiger partial charge in [-0.25, -0.2) is 0 Å². The molecule has 0 spiro atoms. The van der Waals surface area contributed by atoms with Gasteiger partial charge in [0.05, 0.1) is 22.9 Å². The van der Waals surface area contributed by atoms with Crippen molar-refractivity contribution in [1.29, 1.82) is 0 Å². The van der Waals surface area contributed by atoms with Gasteiger partial charge in [-0.1, -0.05) is 0 Å². The smallest absolute Gasteiger partial charge is 0.234 e. The predicted molar refractivity (Wildman–Crippen MR) is 75.2 cm³/mol. The van der Waals surface area contributed by atoms with Gasteiger partial charge in [-0.15, -0.1) is 23.1 Å². The number of anilines is 1. The number of hydrogen-bond acceptors (Lipinski definition) is 4. The molecule has 1 atom stereocenters. The van der Waals surface area contributed by atoms with E-state index in [1.54, 1.807) is 23.1 Å². The van der Waals surface area contributed by atoms with Crippen molar-refractivity contribution in [3.8, 4) is 0 Å². The predicted octanol–water partition coefficient (Wildman–Crippen LogP) is 2.56. The quantitative estimate of drug-likeness (QED) is 0.872. The average Bonchev–Trinajstić information content (AvgIpc) is 2.88. The first kappa shape index (κ1) is 11.8. The van der Waals surface area contributed by atoms with Crippen molar-refractivity contribution in [3.05, 3.63) is 33.8 Å². The van der Waals surface area contributed by atoms with E-state index in [0.29, 0.717) is 5.75 Å². The number of carbonyl (C=O) groups excluding carboxylic acids is 1. The van der Waals surface area contributed by atoms with Gasteiger partial charge in [0.25, 0.3) is 0 Å². The summed E-state index contributed by atoms with van der Waals surface area (Å²) in [5, 5.41) is 9.48. The molecule has 1 aliphatic heterocycles. The van der Waals surface area contributed by atoms with Crippen LogP contribution in [0, 0.1) is 6.92 Å². The number of carbonyl (C=O) groups is 1. The monoisotopic (exact) mass is 279 g/mol. The SMILES string of the molecule is Cc1c([C@@H]2SCC(=O)Nc3ccsc32)cnn1C. The molecule has 0 fully saturated rings. The highest BCUT2D eigenvalue weighted by Gasteiger charge is 2.27. The van der Waals surface area contributed by atoms with Crippen LogP contribution in [0.5, 0.6) is 0 Å². The number of aromatic nitrogens is 2. The molecule has 1 N–H and O–H groups in total. The lowest BCUT2D eigenvalue weighted by molar-refractivity contribution is -0.113. The zero-order valence-electron chi connectivity index (χ0n) is 10.1. The molecule has 0 saturated heterocycles. The Hall–Kier alpha value is -1.27. The highest BCUT2D eigenvalue weighted by molar-refractivity contribution is 8.00. The van der Waals surface area contributed by atoms with Gasteiger partial charge in [0.15, 0.2) is 0 Å². The van der Waals surface area contributed by atoms with Crippen LogP contribution in [0.3, 0.4) is 0 Å². The Morgan fingerprint density at radius 1 is 1.56 bits per heavy atom. The molecule has 0 unspecified atom stereocenters. The van der Waals surface area contributed by atoms with Crippen molar-refractivity contribution in [3.63, 3.8) is 0 Å². The van der Waals surface area contributed by atoms with Gasteiger partial charge >= 0.3 is 0 Å². The lowest BCUT2D eigenvalue weighted by Gasteiger charge is -2.13. The van der Waals surface area contributed by atoms with Crippen LogP contribution in [-0.4, -0.2) is 21.4 Å². The minimum absolute atomic E-state index is 0.0729. The first-order valence-electron chi connectivity index (χ1n) is 5.64. The van der Waals surface area contributed by atoms with E-state index in [4.69, 9.17) is 0 Å². The molecule has 2 aromatic rings. The van der Waals surface area contributed by atoms with E-state index in [0.717, 1.165) is 11.4 Å². The number of nitrogens with one attached hydrogen (secondary N) is 1. The van der Waals surface area contributed by atoms with E-state index < -0.39 is 0 Å². The van der Waals surface area contributed by atoms with Gasteiger partial charge in [0, 0.05) is 23.2 Å². The molecule has 0 aromatic carbocycles. The van der Waals surface area contributed by atoms with E-state index in [9.17, 15) is 4.79 Å². The molecule has 3 rings (SSSR count). The van der Waals surface area contributed by atoms with Crippen LogP contribution in [-0.2, 0) is 11.8 Å². The number of aryl methyl sites for hydroxylation is 1. The summed E-state index contributed by atoms with van der Waals surface area (Å²) in [5.74, 6) is 0.559. The minimum atomic E-state index is 0.0729. The summed E-state index contributed by atoms with van der Waals surface area (Å²) in [6, 6.07) is 1.97. The lowest BCUT2D eigenvalue weighted by atomic mass is 10.1. The van der Waals surface area contributed by atoms with E-state index in [-0.39, 0.29) is 11.2 Å².